The third-order valence-corrected chi connectivity index (χ3v) is 3.19. The maximum absolute atomic E-state index is 5.94. The molecule has 0 aromatic heterocycles. The molecule has 0 radical (unpaired) electrons. The highest BCUT2D eigenvalue weighted by Crippen LogP contribution is 2.28. The molecular formula is C17H21NO. The van der Waals surface area contributed by atoms with Crippen LogP contribution in [0.15, 0.2) is 49.1 Å². The summed E-state index contributed by atoms with van der Waals surface area (Å²) in [7, 11) is 0. The van der Waals surface area contributed by atoms with E-state index in [2.05, 4.69) is 55.2 Å². The first-order chi connectivity index (χ1) is 9.26. The second-order valence-corrected chi connectivity index (χ2v) is 4.60. The molecule has 0 fully saturated rings. The van der Waals surface area contributed by atoms with Crippen molar-refractivity contribution in [2.45, 2.75) is 26.5 Å². The van der Waals surface area contributed by atoms with Gasteiger partial charge in [-0.05, 0) is 30.3 Å². The Labute approximate surface area is 115 Å². The number of hydrogen-bond donors (Lipinski definition) is 1. The van der Waals surface area contributed by atoms with Gasteiger partial charge in [-0.15, -0.1) is 0 Å². The highest BCUT2D eigenvalue weighted by atomic mass is 16.5. The van der Waals surface area contributed by atoms with Crippen molar-refractivity contribution in [1.29, 1.82) is 0 Å². The van der Waals surface area contributed by atoms with E-state index in [1.165, 1.54) is 16.3 Å². The molecule has 0 aliphatic carbocycles. The zero-order chi connectivity index (χ0) is 13.7. The fourth-order valence-corrected chi connectivity index (χ4v) is 2.11. The molecule has 0 amide bonds. The van der Waals surface area contributed by atoms with Crippen molar-refractivity contribution in [2.75, 3.05) is 6.54 Å². The van der Waals surface area contributed by atoms with E-state index in [9.17, 15) is 0 Å². The largest absolute Gasteiger partial charge is 0.486 e. The molecule has 0 aliphatic heterocycles. The Morgan fingerprint density at radius 2 is 2.05 bits per heavy atom. The molecule has 0 spiro atoms. The van der Waals surface area contributed by atoms with Crippen LogP contribution < -0.4 is 10.1 Å². The van der Waals surface area contributed by atoms with Crippen LogP contribution in [0, 0.1) is 0 Å². The van der Waals surface area contributed by atoms with E-state index in [1.807, 2.05) is 13.0 Å². The van der Waals surface area contributed by atoms with Crippen molar-refractivity contribution < 1.29 is 4.74 Å². The van der Waals surface area contributed by atoms with E-state index >= 15 is 0 Å². The van der Waals surface area contributed by atoms with Crippen LogP contribution in [0.25, 0.3) is 10.8 Å². The van der Waals surface area contributed by atoms with Crippen LogP contribution in [0.2, 0.25) is 0 Å². The molecule has 100 valence electrons. The van der Waals surface area contributed by atoms with E-state index in [0.29, 0.717) is 0 Å². The minimum Gasteiger partial charge on any atom is -0.486 e. The van der Waals surface area contributed by atoms with Gasteiger partial charge in [-0.3, -0.25) is 0 Å². The van der Waals surface area contributed by atoms with Gasteiger partial charge in [-0.25, -0.2) is 0 Å². The van der Waals surface area contributed by atoms with Crippen LogP contribution in [0.1, 0.15) is 19.4 Å². The molecule has 1 unspecified atom stereocenters. The van der Waals surface area contributed by atoms with Gasteiger partial charge in [0.1, 0.15) is 11.9 Å². The van der Waals surface area contributed by atoms with Crippen LogP contribution in [0.4, 0.5) is 0 Å². The molecule has 19 heavy (non-hydrogen) atoms. The summed E-state index contributed by atoms with van der Waals surface area (Å²) >= 11 is 0. The van der Waals surface area contributed by atoms with Crippen molar-refractivity contribution in [3.63, 3.8) is 0 Å². The lowest BCUT2D eigenvalue weighted by atomic mass is 10.0. The van der Waals surface area contributed by atoms with Crippen LogP contribution in [0.3, 0.4) is 0 Å². The van der Waals surface area contributed by atoms with E-state index in [-0.39, 0.29) is 6.10 Å². The summed E-state index contributed by atoms with van der Waals surface area (Å²) < 4.78 is 5.94. The maximum Gasteiger partial charge on any atom is 0.125 e. The second-order valence-electron chi connectivity index (χ2n) is 4.60. The molecule has 1 N–H and O–H groups in total. The quantitative estimate of drug-likeness (QED) is 0.790. The van der Waals surface area contributed by atoms with Crippen molar-refractivity contribution in [3.05, 3.63) is 54.6 Å². The van der Waals surface area contributed by atoms with Gasteiger partial charge in [0.2, 0.25) is 0 Å². The predicted octanol–water partition coefficient (Wildman–Crippen LogP) is 3.90. The Morgan fingerprint density at radius 3 is 2.79 bits per heavy atom. The second kappa shape index (κ2) is 6.39. The monoisotopic (exact) mass is 255 g/mol. The normalized spacial score (nSPS) is 12.3. The molecular weight excluding hydrogens is 234 g/mol. The summed E-state index contributed by atoms with van der Waals surface area (Å²) in [5.74, 6) is 0.937. The SMILES string of the molecule is C=CC(C)Oc1ccc2ccccc2c1CNCC. The molecule has 2 aromatic rings. The standard InChI is InChI=1S/C17H21NO/c1-4-13(3)19-17-11-10-14-8-6-7-9-15(14)16(17)12-18-5-2/h4,6-11,13,18H,1,5,12H2,2-3H3. The molecule has 0 heterocycles. The van der Waals surface area contributed by atoms with Crippen molar-refractivity contribution in [2.24, 2.45) is 0 Å². The van der Waals surface area contributed by atoms with Gasteiger partial charge in [0, 0.05) is 12.1 Å². The zero-order valence-corrected chi connectivity index (χ0v) is 11.6. The highest BCUT2D eigenvalue weighted by molar-refractivity contribution is 5.87. The van der Waals surface area contributed by atoms with Gasteiger partial charge in [0.05, 0.1) is 0 Å². The topological polar surface area (TPSA) is 21.3 Å². The smallest absolute Gasteiger partial charge is 0.125 e. The number of nitrogens with one attached hydrogen (secondary N) is 1. The summed E-state index contributed by atoms with van der Waals surface area (Å²) in [6.07, 6.45) is 1.83. The van der Waals surface area contributed by atoms with E-state index < -0.39 is 0 Å². The molecule has 2 rings (SSSR count). The fourth-order valence-electron chi connectivity index (χ4n) is 2.11. The molecule has 2 aromatic carbocycles. The van der Waals surface area contributed by atoms with Crippen LogP contribution >= 0.6 is 0 Å². The van der Waals surface area contributed by atoms with E-state index in [0.717, 1.165) is 18.8 Å². The van der Waals surface area contributed by atoms with Crippen molar-refractivity contribution in [1.82, 2.24) is 5.32 Å². The van der Waals surface area contributed by atoms with Crippen LogP contribution in [0.5, 0.6) is 5.75 Å². The van der Waals surface area contributed by atoms with Gasteiger partial charge in [0.25, 0.3) is 0 Å². The van der Waals surface area contributed by atoms with Crippen LogP contribution in [-0.2, 0) is 6.54 Å². The van der Waals surface area contributed by atoms with Crippen LogP contribution in [-0.4, -0.2) is 12.6 Å². The molecule has 2 nitrogen and oxygen atoms in total. The molecule has 0 bridgehead atoms. The summed E-state index contributed by atoms with van der Waals surface area (Å²) in [6, 6.07) is 12.6. The van der Waals surface area contributed by atoms with E-state index in [4.69, 9.17) is 4.74 Å². The number of hydrogen-bond acceptors (Lipinski definition) is 2. The van der Waals surface area contributed by atoms with Gasteiger partial charge in [-0.1, -0.05) is 49.9 Å². The summed E-state index contributed by atoms with van der Waals surface area (Å²) in [5.41, 5.74) is 1.22. The minimum atomic E-state index is 0.0153. The first-order valence-electron chi connectivity index (χ1n) is 6.76. The summed E-state index contributed by atoms with van der Waals surface area (Å²) in [6.45, 7) is 9.64. The van der Waals surface area contributed by atoms with Crippen molar-refractivity contribution in [3.8, 4) is 5.75 Å². The van der Waals surface area contributed by atoms with Gasteiger partial charge >= 0.3 is 0 Å². The number of ether oxygens (including phenoxy) is 1. The Kier molecular flexibility index (Phi) is 4.58. The Morgan fingerprint density at radius 1 is 1.26 bits per heavy atom. The minimum absolute atomic E-state index is 0.0153. The molecule has 1 atom stereocenters. The Bertz CT molecular complexity index is 562. The average molecular weight is 255 g/mol. The molecule has 0 saturated carbocycles. The van der Waals surface area contributed by atoms with E-state index in [1.54, 1.807) is 0 Å². The lowest BCUT2D eigenvalue weighted by Gasteiger charge is -2.17. The third-order valence-electron chi connectivity index (χ3n) is 3.19. The highest BCUT2D eigenvalue weighted by Gasteiger charge is 2.10. The lowest BCUT2D eigenvalue weighted by Crippen LogP contribution is -2.15. The summed E-state index contributed by atoms with van der Waals surface area (Å²) in [5, 5.41) is 5.87. The summed E-state index contributed by atoms with van der Waals surface area (Å²) in [4.78, 5) is 0. The fraction of sp³-hybridized carbons (Fsp3) is 0.294. The van der Waals surface area contributed by atoms with Gasteiger partial charge < -0.3 is 10.1 Å². The first-order valence-corrected chi connectivity index (χ1v) is 6.76. The molecule has 2 heteroatoms. The first kappa shape index (κ1) is 13.6. The Hall–Kier alpha value is -1.80. The number of rotatable bonds is 6. The maximum atomic E-state index is 5.94. The van der Waals surface area contributed by atoms with Crippen molar-refractivity contribution >= 4 is 10.8 Å². The Balaban J connectivity index is 2.46. The van der Waals surface area contributed by atoms with Gasteiger partial charge in [-0.2, -0.15) is 0 Å². The molecule has 0 saturated heterocycles. The van der Waals surface area contributed by atoms with Gasteiger partial charge in [0.15, 0.2) is 0 Å². The third kappa shape index (κ3) is 3.15. The predicted molar refractivity (Wildman–Crippen MR) is 81.6 cm³/mol. The zero-order valence-electron chi connectivity index (χ0n) is 11.6. The number of benzene rings is 2. The number of fused-ring (bicyclic) bond motifs is 1. The molecule has 0 aliphatic rings. The average Bonchev–Trinajstić information content (AvgIpc) is 2.45. The lowest BCUT2D eigenvalue weighted by molar-refractivity contribution is 0.267.